The molecular weight excluding hydrogens is 218 g/mol. The Balaban J connectivity index is 2.86. The summed E-state index contributed by atoms with van der Waals surface area (Å²) in [7, 11) is 0. The van der Waals surface area contributed by atoms with Crippen molar-refractivity contribution < 1.29 is 9.66 Å². The molecule has 15 heavy (non-hydrogen) atoms. The summed E-state index contributed by atoms with van der Waals surface area (Å²) in [6.07, 6.45) is 0.883. The molecule has 0 aliphatic rings. The zero-order valence-electron chi connectivity index (χ0n) is 8.40. The number of halogens is 1. The van der Waals surface area contributed by atoms with Crippen molar-refractivity contribution in [3.8, 4) is 0 Å². The summed E-state index contributed by atoms with van der Waals surface area (Å²) >= 11 is 5.74. The maximum absolute atomic E-state index is 10.7. The van der Waals surface area contributed by atoms with Gasteiger partial charge in [0.15, 0.2) is 0 Å². The molecule has 1 rings (SSSR count). The second-order valence-corrected chi connectivity index (χ2v) is 3.46. The monoisotopic (exact) mass is 229 g/mol. The standard InChI is InChI=1S/C10H12ClNO3/c1-2-6-15-7-8-4-3-5-9(11)10(8)12(13)14/h3-5H,2,6-7H2,1H3. The molecule has 0 radical (unpaired) electrons. The van der Waals surface area contributed by atoms with E-state index in [-0.39, 0.29) is 17.3 Å². The molecule has 0 aliphatic heterocycles. The van der Waals surface area contributed by atoms with Crippen molar-refractivity contribution in [2.24, 2.45) is 0 Å². The van der Waals surface area contributed by atoms with Crippen molar-refractivity contribution in [3.05, 3.63) is 38.9 Å². The molecular formula is C10H12ClNO3. The average Bonchev–Trinajstić information content (AvgIpc) is 2.17. The van der Waals surface area contributed by atoms with E-state index in [2.05, 4.69) is 0 Å². The lowest BCUT2D eigenvalue weighted by Gasteiger charge is -2.04. The van der Waals surface area contributed by atoms with Gasteiger partial charge in [0.2, 0.25) is 0 Å². The number of benzene rings is 1. The Labute approximate surface area is 93.0 Å². The fourth-order valence-corrected chi connectivity index (χ4v) is 1.47. The summed E-state index contributed by atoms with van der Waals surface area (Å²) in [4.78, 5) is 10.3. The van der Waals surface area contributed by atoms with E-state index in [0.29, 0.717) is 12.2 Å². The third-order valence-electron chi connectivity index (χ3n) is 1.86. The number of nitro benzene ring substituents is 1. The van der Waals surface area contributed by atoms with Gasteiger partial charge in [0.05, 0.1) is 17.1 Å². The van der Waals surface area contributed by atoms with Gasteiger partial charge in [-0.3, -0.25) is 10.1 Å². The first-order valence-corrected chi connectivity index (χ1v) is 5.04. The maximum atomic E-state index is 10.7. The molecule has 0 unspecified atom stereocenters. The SMILES string of the molecule is CCCOCc1cccc(Cl)c1[N+](=O)[O-]. The lowest BCUT2D eigenvalue weighted by molar-refractivity contribution is -0.385. The maximum Gasteiger partial charge on any atom is 0.293 e. The van der Waals surface area contributed by atoms with Crippen LogP contribution in [0.2, 0.25) is 5.02 Å². The predicted octanol–water partition coefficient (Wildman–Crippen LogP) is 3.17. The molecule has 82 valence electrons. The van der Waals surface area contributed by atoms with Crippen LogP contribution >= 0.6 is 11.6 Å². The third-order valence-corrected chi connectivity index (χ3v) is 2.16. The van der Waals surface area contributed by atoms with Crippen LogP contribution in [0.4, 0.5) is 5.69 Å². The van der Waals surface area contributed by atoms with E-state index in [4.69, 9.17) is 16.3 Å². The van der Waals surface area contributed by atoms with Gasteiger partial charge in [0, 0.05) is 6.61 Å². The van der Waals surface area contributed by atoms with Crippen molar-refractivity contribution in [1.29, 1.82) is 0 Å². The van der Waals surface area contributed by atoms with E-state index < -0.39 is 4.92 Å². The second kappa shape index (κ2) is 5.68. The molecule has 0 saturated carbocycles. The van der Waals surface area contributed by atoms with E-state index in [0.717, 1.165) is 6.42 Å². The Morgan fingerprint density at radius 1 is 1.53 bits per heavy atom. The molecule has 0 aliphatic carbocycles. The largest absolute Gasteiger partial charge is 0.377 e. The molecule has 0 spiro atoms. The Hall–Kier alpha value is -1.13. The molecule has 0 N–H and O–H groups in total. The number of nitrogens with zero attached hydrogens (tertiary/aromatic N) is 1. The van der Waals surface area contributed by atoms with Crippen molar-refractivity contribution in [3.63, 3.8) is 0 Å². The molecule has 0 heterocycles. The van der Waals surface area contributed by atoms with E-state index in [1.165, 1.54) is 6.07 Å². The lowest BCUT2D eigenvalue weighted by Crippen LogP contribution is -1.99. The van der Waals surface area contributed by atoms with Crippen LogP contribution in [0.3, 0.4) is 0 Å². The third kappa shape index (κ3) is 3.18. The van der Waals surface area contributed by atoms with Gasteiger partial charge in [-0.15, -0.1) is 0 Å². The van der Waals surface area contributed by atoms with Crippen LogP contribution in [0.5, 0.6) is 0 Å². The summed E-state index contributed by atoms with van der Waals surface area (Å²) in [5, 5.41) is 10.9. The van der Waals surface area contributed by atoms with Crippen LogP contribution in [-0.4, -0.2) is 11.5 Å². The number of ether oxygens (including phenoxy) is 1. The van der Waals surface area contributed by atoms with Crippen LogP contribution in [0.1, 0.15) is 18.9 Å². The Bertz CT molecular complexity index is 355. The second-order valence-electron chi connectivity index (χ2n) is 3.06. The quantitative estimate of drug-likeness (QED) is 0.443. The minimum atomic E-state index is -0.479. The topological polar surface area (TPSA) is 52.4 Å². The molecule has 5 heteroatoms. The van der Waals surface area contributed by atoms with Gasteiger partial charge in [0.25, 0.3) is 5.69 Å². The van der Waals surface area contributed by atoms with Gasteiger partial charge in [-0.2, -0.15) is 0 Å². The molecule has 1 aromatic rings. The Kier molecular flexibility index (Phi) is 4.52. The van der Waals surface area contributed by atoms with Crippen molar-refractivity contribution in [2.75, 3.05) is 6.61 Å². The highest BCUT2D eigenvalue weighted by Crippen LogP contribution is 2.28. The van der Waals surface area contributed by atoms with E-state index in [9.17, 15) is 10.1 Å². The molecule has 4 nitrogen and oxygen atoms in total. The summed E-state index contributed by atoms with van der Waals surface area (Å²) in [5.41, 5.74) is 0.455. The van der Waals surface area contributed by atoms with Crippen LogP contribution in [0.15, 0.2) is 18.2 Å². The highest BCUT2D eigenvalue weighted by atomic mass is 35.5. The first kappa shape index (κ1) is 11.9. The first-order valence-electron chi connectivity index (χ1n) is 4.66. The summed E-state index contributed by atoms with van der Waals surface area (Å²) in [6.45, 7) is 2.79. The zero-order valence-corrected chi connectivity index (χ0v) is 9.16. The minimum absolute atomic E-state index is 0.0599. The number of hydrogen-bond donors (Lipinski definition) is 0. The zero-order chi connectivity index (χ0) is 11.3. The molecule has 0 atom stereocenters. The van der Waals surface area contributed by atoms with E-state index in [1.807, 2.05) is 6.92 Å². The Morgan fingerprint density at radius 2 is 2.27 bits per heavy atom. The first-order chi connectivity index (χ1) is 7.16. The fraction of sp³-hybridized carbons (Fsp3) is 0.400. The van der Waals surface area contributed by atoms with Crippen molar-refractivity contribution in [1.82, 2.24) is 0 Å². The predicted molar refractivity (Wildman–Crippen MR) is 58.1 cm³/mol. The Morgan fingerprint density at radius 3 is 2.87 bits per heavy atom. The molecule has 1 aromatic carbocycles. The van der Waals surface area contributed by atoms with E-state index in [1.54, 1.807) is 12.1 Å². The van der Waals surface area contributed by atoms with Crippen molar-refractivity contribution >= 4 is 17.3 Å². The molecule has 0 saturated heterocycles. The number of nitro groups is 1. The normalized spacial score (nSPS) is 10.3. The lowest BCUT2D eigenvalue weighted by atomic mass is 10.2. The van der Waals surface area contributed by atoms with Gasteiger partial charge >= 0.3 is 0 Å². The highest BCUT2D eigenvalue weighted by molar-refractivity contribution is 6.32. The number of hydrogen-bond acceptors (Lipinski definition) is 3. The summed E-state index contributed by atoms with van der Waals surface area (Å²) in [5.74, 6) is 0. The molecule has 0 fully saturated rings. The summed E-state index contributed by atoms with van der Waals surface area (Å²) in [6, 6.07) is 4.84. The molecule has 0 amide bonds. The fourth-order valence-electron chi connectivity index (χ4n) is 1.21. The minimum Gasteiger partial charge on any atom is -0.377 e. The average molecular weight is 230 g/mol. The van der Waals surface area contributed by atoms with Gasteiger partial charge in [0.1, 0.15) is 5.02 Å². The van der Waals surface area contributed by atoms with Crippen molar-refractivity contribution in [2.45, 2.75) is 20.0 Å². The summed E-state index contributed by atoms with van der Waals surface area (Å²) < 4.78 is 5.25. The molecule has 0 bridgehead atoms. The highest BCUT2D eigenvalue weighted by Gasteiger charge is 2.17. The van der Waals surface area contributed by atoms with Crippen LogP contribution < -0.4 is 0 Å². The number of rotatable bonds is 5. The van der Waals surface area contributed by atoms with Gasteiger partial charge in [-0.1, -0.05) is 24.6 Å². The van der Waals surface area contributed by atoms with Crippen LogP contribution in [-0.2, 0) is 11.3 Å². The number of para-hydroxylation sites is 1. The van der Waals surface area contributed by atoms with Gasteiger partial charge < -0.3 is 4.74 Å². The molecule has 0 aromatic heterocycles. The van der Waals surface area contributed by atoms with Gasteiger partial charge in [-0.05, 0) is 18.6 Å². The van der Waals surface area contributed by atoms with E-state index >= 15 is 0 Å². The van der Waals surface area contributed by atoms with Crippen LogP contribution in [0, 0.1) is 10.1 Å². The van der Waals surface area contributed by atoms with Gasteiger partial charge in [-0.25, -0.2) is 0 Å². The van der Waals surface area contributed by atoms with Crippen LogP contribution in [0.25, 0.3) is 0 Å². The smallest absolute Gasteiger partial charge is 0.293 e.